The Hall–Kier alpha value is -3.49. The summed E-state index contributed by atoms with van der Waals surface area (Å²) in [5.41, 5.74) is 2.83. The number of nitrogens with zero attached hydrogens (tertiary/aromatic N) is 3. The van der Waals surface area contributed by atoms with Crippen molar-refractivity contribution in [2.24, 2.45) is 0 Å². The number of carbonyl (C=O) groups is 1. The van der Waals surface area contributed by atoms with Crippen LogP contribution in [0.25, 0.3) is 5.69 Å². The first kappa shape index (κ1) is 23.3. The number of hydrogen-bond donors (Lipinski definition) is 1. The van der Waals surface area contributed by atoms with Crippen molar-refractivity contribution in [1.29, 1.82) is 0 Å². The van der Waals surface area contributed by atoms with Crippen LogP contribution < -0.4 is 14.8 Å². The number of carbonyl (C=O) groups excluding carboxylic acids is 1. The number of ether oxygens (including phenoxy) is 2. The summed E-state index contributed by atoms with van der Waals surface area (Å²) in [6, 6.07) is 22.8. The van der Waals surface area contributed by atoms with Gasteiger partial charge in [-0.15, -0.1) is 10.2 Å². The third-order valence-corrected chi connectivity index (χ3v) is 6.75. The van der Waals surface area contributed by atoms with E-state index in [4.69, 9.17) is 21.1 Å². The molecule has 3 aromatic carbocycles. The van der Waals surface area contributed by atoms with Gasteiger partial charge in [0.15, 0.2) is 11.0 Å². The molecule has 4 aromatic rings. The van der Waals surface area contributed by atoms with E-state index in [0.717, 1.165) is 28.3 Å². The van der Waals surface area contributed by atoms with E-state index >= 15 is 0 Å². The SMILES string of the molecule is Cc1ccccc1OCc1nnc(SCC(=O)NC2COc3ccc(Cl)cc32)n1-c1ccccc1. The van der Waals surface area contributed by atoms with Gasteiger partial charge >= 0.3 is 0 Å². The predicted molar refractivity (Wildman–Crippen MR) is 135 cm³/mol. The van der Waals surface area contributed by atoms with Gasteiger partial charge in [-0.05, 0) is 48.9 Å². The van der Waals surface area contributed by atoms with Crippen molar-refractivity contribution >= 4 is 29.3 Å². The zero-order valence-corrected chi connectivity index (χ0v) is 20.6. The first-order valence-electron chi connectivity index (χ1n) is 11.1. The molecule has 1 amide bonds. The smallest absolute Gasteiger partial charge is 0.231 e. The van der Waals surface area contributed by atoms with Crippen molar-refractivity contribution in [3.8, 4) is 17.2 Å². The summed E-state index contributed by atoms with van der Waals surface area (Å²) >= 11 is 7.44. The molecule has 1 aromatic heterocycles. The van der Waals surface area contributed by atoms with Crippen LogP contribution in [0.5, 0.6) is 11.5 Å². The number of aromatic nitrogens is 3. The lowest BCUT2D eigenvalue weighted by Crippen LogP contribution is -2.30. The van der Waals surface area contributed by atoms with Crippen LogP contribution in [0.1, 0.15) is 23.0 Å². The highest BCUT2D eigenvalue weighted by molar-refractivity contribution is 7.99. The average molecular weight is 507 g/mol. The van der Waals surface area contributed by atoms with Crippen molar-refractivity contribution in [2.75, 3.05) is 12.4 Å². The van der Waals surface area contributed by atoms with Gasteiger partial charge < -0.3 is 14.8 Å². The van der Waals surface area contributed by atoms with Crippen LogP contribution in [0.2, 0.25) is 5.02 Å². The zero-order valence-electron chi connectivity index (χ0n) is 19.0. The number of benzene rings is 3. The number of hydrogen-bond acceptors (Lipinski definition) is 6. The predicted octanol–water partition coefficient (Wildman–Crippen LogP) is 5.15. The van der Waals surface area contributed by atoms with E-state index in [9.17, 15) is 4.79 Å². The number of rotatable bonds is 8. The quantitative estimate of drug-likeness (QED) is 0.333. The lowest BCUT2D eigenvalue weighted by atomic mass is 10.1. The highest BCUT2D eigenvalue weighted by atomic mass is 35.5. The van der Waals surface area contributed by atoms with E-state index in [-0.39, 0.29) is 24.3 Å². The molecule has 5 rings (SSSR count). The number of fused-ring (bicyclic) bond motifs is 1. The van der Waals surface area contributed by atoms with E-state index in [1.165, 1.54) is 11.8 Å². The fourth-order valence-corrected chi connectivity index (χ4v) is 4.82. The van der Waals surface area contributed by atoms with E-state index in [0.29, 0.717) is 22.6 Å². The van der Waals surface area contributed by atoms with Crippen LogP contribution in [0, 0.1) is 6.92 Å². The Morgan fingerprint density at radius 1 is 1.14 bits per heavy atom. The second kappa shape index (κ2) is 10.4. The molecule has 1 aliphatic heterocycles. The molecule has 0 spiro atoms. The number of amides is 1. The molecule has 0 radical (unpaired) electrons. The minimum atomic E-state index is -0.234. The van der Waals surface area contributed by atoms with Crippen LogP contribution in [-0.4, -0.2) is 33.0 Å². The van der Waals surface area contributed by atoms with Gasteiger partial charge in [0.05, 0.1) is 11.8 Å². The van der Waals surface area contributed by atoms with E-state index in [1.807, 2.05) is 78.2 Å². The van der Waals surface area contributed by atoms with Gasteiger partial charge in [-0.1, -0.05) is 59.8 Å². The molecule has 2 heterocycles. The van der Waals surface area contributed by atoms with Crippen molar-refractivity contribution in [1.82, 2.24) is 20.1 Å². The summed E-state index contributed by atoms with van der Waals surface area (Å²) in [5.74, 6) is 2.24. The fraction of sp³-hybridized carbons (Fsp3) is 0.192. The van der Waals surface area contributed by atoms with Gasteiger partial charge in [0.2, 0.25) is 5.91 Å². The van der Waals surface area contributed by atoms with Crippen LogP contribution in [0.3, 0.4) is 0 Å². The van der Waals surface area contributed by atoms with Crippen molar-refractivity contribution in [2.45, 2.75) is 24.7 Å². The average Bonchev–Trinajstić information content (AvgIpc) is 3.46. The molecule has 178 valence electrons. The fourth-order valence-electron chi connectivity index (χ4n) is 3.86. The highest BCUT2D eigenvalue weighted by Gasteiger charge is 2.26. The molecule has 1 unspecified atom stereocenters. The standard InChI is InChI=1S/C26H23ClN4O3S/c1-17-7-5-6-10-22(17)34-15-24-29-30-26(31(24)19-8-3-2-4-9-19)35-16-25(32)28-21-14-33-23-12-11-18(27)13-20(21)23/h2-13,21H,14-16H2,1H3,(H,28,32). The Bertz CT molecular complexity index is 1350. The zero-order chi connectivity index (χ0) is 24.2. The Morgan fingerprint density at radius 2 is 1.94 bits per heavy atom. The molecule has 0 saturated carbocycles. The Kier molecular flexibility index (Phi) is 6.92. The van der Waals surface area contributed by atoms with E-state index in [1.54, 1.807) is 6.07 Å². The van der Waals surface area contributed by atoms with Gasteiger partial charge in [-0.3, -0.25) is 9.36 Å². The normalized spacial score (nSPS) is 14.3. The van der Waals surface area contributed by atoms with Crippen LogP contribution in [0.15, 0.2) is 78.0 Å². The maximum atomic E-state index is 12.8. The Balaban J connectivity index is 1.29. The topological polar surface area (TPSA) is 78.3 Å². The molecule has 7 nitrogen and oxygen atoms in total. The lowest BCUT2D eigenvalue weighted by Gasteiger charge is -2.13. The minimum Gasteiger partial charge on any atom is -0.491 e. The summed E-state index contributed by atoms with van der Waals surface area (Å²) in [5, 5.41) is 13.0. The summed E-state index contributed by atoms with van der Waals surface area (Å²) in [6.45, 7) is 2.63. The molecule has 1 atom stereocenters. The monoisotopic (exact) mass is 506 g/mol. The maximum absolute atomic E-state index is 12.8. The second-order valence-corrected chi connectivity index (χ2v) is 9.40. The van der Waals surface area contributed by atoms with E-state index in [2.05, 4.69) is 15.5 Å². The van der Waals surface area contributed by atoms with Gasteiger partial charge in [-0.2, -0.15) is 0 Å². The summed E-state index contributed by atoms with van der Waals surface area (Å²) in [6.07, 6.45) is 0. The van der Waals surface area contributed by atoms with E-state index < -0.39 is 0 Å². The highest BCUT2D eigenvalue weighted by Crippen LogP contribution is 2.34. The molecule has 0 aliphatic carbocycles. The van der Waals surface area contributed by atoms with Crippen LogP contribution in [-0.2, 0) is 11.4 Å². The van der Waals surface area contributed by atoms with Crippen molar-refractivity contribution in [3.63, 3.8) is 0 Å². The van der Waals surface area contributed by atoms with Crippen molar-refractivity contribution < 1.29 is 14.3 Å². The lowest BCUT2D eigenvalue weighted by molar-refractivity contribution is -0.119. The molecule has 1 aliphatic rings. The summed E-state index contributed by atoms with van der Waals surface area (Å²) in [4.78, 5) is 12.8. The van der Waals surface area contributed by atoms with Gasteiger partial charge in [0, 0.05) is 16.3 Å². The number of nitrogens with one attached hydrogen (secondary N) is 1. The molecule has 0 fully saturated rings. The number of aryl methyl sites for hydroxylation is 1. The Labute approximate surface area is 212 Å². The van der Waals surface area contributed by atoms with Crippen molar-refractivity contribution in [3.05, 3.63) is 94.8 Å². The third kappa shape index (κ3) is 5.28. The minimum absolute atomic E-state index is 0.128. The van der Waals surface area contributed by atoms with Crippen LogP contribution >= 0.6 is 23.4 Å². The van der Waals surface area contributed by atoms with Crippen LogP contribution in [0.4, 0.5) is 0 Å². The van der Waals surface area contributed by atoms with Gasteiger partial charge in [-0.25, -0.2) is 0 Å². The van der Waals surface area contributed by atoms with Gasteiger partial charge in [0.25, 0.3) is 0 Å². The largest absolute Gasteiger partial charge is 0.491 e. The molecule has 0 bridgehead atoms. The number of halogens is 1. The molecular weight excluding hydrogens is 484 g/mol. The van der Waals surface area contributed by atoms with Gasteiger partial charge in [0.1, 0.15) is 24.7 Å². The molecule has 0 saturated heterocycles. The first-order chi connectivity index (χ1) is 17.1. The second-order valence-electron chi connectivity index (χ2n) is 8.03. The number of para-hydroxylation sites is 2. The summed E-state index contributed by atoms with van der Waals surface area (Å²) < 4.78 is 13.6. The maximum Gasteiger partial charge on any atom is 0.231 e. The third-order valence-electron chi connectivity index (χ3n) is 5.59. The Morgan fingerprint density at radius 3 is 2.77 bits per heavy atom. The molecular formula is C26H23ClN4O3S. The molecule has 35 heavy (non-hydrogen) atoms. The molecule has 9 heteroatoms. The first-order valence-corrected chi connectivity index (χ1v) is 12.5. The number of thioether (sulfide) groups is 1. The molecule has 1 N–H and O–H groups in total. The summed E-state index contributed by atoms with van der Waals surface area (Å²) in [7, 11) is 0.